The molecule has 0 N–H and O–H groups in total. The van der Waals surface area contributed by atoms with Crippen LogP contribution in [0.15, 0.2) is 0 Å². The topological polar surface area (TPSA) is 27.0 Å². The molecule has 1 saturated carbocycles. The van der Waals surface area contributed by atoms with Gasteiger partial charge in [0.1, 0.15) is 0 Å². The van der Waals surface area contributed by atoms with Crippen LogP contribution in [0.1, 0.15) is 52.9 Å². The molecule has 1 fully saturated rings. The zero-order valence-corrected chi connectivity index (χ0v) is 10.6. The molecule has 2 heteroatoms. The van der Waals surface area contributed by atoms with Crippen molar-refractivity contribution in [2.24, 2.45) is 5.41 Å². The number of rotatable bonds is 3. The molecule has 0 aromatic rings. The molecule has 0 heterocycles. The fourth-order valence-electron chi connectivity index (χ4n) is 2.43. The van der Waals surface area contributed by atoms with Gasteiger partial charge in [0.15, 0.2) is 0 Å². The Kier molecular flexibility index (Phi) is 4.16. The monoisotopic (exact) mass is 208 g/mol. The summed E-state index contributed by atoms with van der Waals surface area (Å²) in [6, 6.07) is 3.36. The average molecular weight is 208 g/mol. The second-order valence-corrected chi connectivity index (χ2v) is 5.77. The first kappa shape index (κ1) is 12.5. The molecule has 0 amide bonds. The van der Waals surface area contributed by atoms with Gasteiger partial charge in [-0.15, -0.1) is 0 Å². The Bertz CT molecular complexity index is 229. The van der Waals surface area contributed by atoms with Crippen LogP contribution in [0.3, 0.4) is 0 Å². The molecule has 86 valence electrons. The van der Waals surface area contributed by atoms with E-state index in [0.717, 1.165) is 0 Å². The van der Waals surface area contributed by atoms with Gasteiger partial charge in [0.05, 0.1) is 12.5 Å². The summed E-state index contributed by atoms with van der Waals surface area (Å²) in [6.07, 6.45) is 5.87. The quantitative estimate of drug-likeness (QED) is 0.712. The first-order valence-corrected chi connectivity index (χ1v) is 6.05. The van der Waals surface area contributed by atoms with Crippen molar-refractivity contribution in [3.05, 3.63) is 0 Å². The molecule has 1 unspecified atom stereocenters. The maximum absolute atomic E-state index is 8.69. The van der Waals surface area contributed by atoms with E-state index >= 15 is 0 Å². The van der Waals surface area contributed by atoms with Crippen LogP contribution < -0.4 is 0 Å². The molecule has 1 aliphatic carbocycles. The molecule has 0 bridgehead atoms. The van der Waals surface area contributed by atoms with Gasteiger partial charge in [-0.1, -0.05) is 13.8 Å². The summed E-state index contributed by atoms with van der Waals surface area (Å²) in [5.41, 5.74) is 0.538. The predicted octanol–water partition coefficient (Wildman–Crippen LogP) is 3.19. The number of nitriles is 1. The Morgan fingerprint density at radius 1 is 1.40 bits per heavy atom. The lowest BCUT2D eigenvalue weighted by Gasteiger charge is -2.40. The molecular formula is C13H24N2. The maximum atomic E-state index is 8.69. The highest BCUT2D eigenvalue weighted by atomic mass is 15.2. The van der Waals surface area contributed by atoms with Crippen LogP contribution in [0.2, 0.25) is 0 Å². The van der Waals surface area contributed by atoms with Crippen molar-refractivity contribution in [2.45, 2.75) is 65.0 Å². The largest absolute Gasteiger partial charge is 0.300 e. The summed E-state index contributed by atoms with van der Waals surface area (Å²) in [5.74, 6) is 0. The lowest BCUT2D eigenvalue weighted by atomic mass is 9.75. The molecule has 1 aliphatic rings. The zero-order valence-electron chi connectivity index (χ0n) is 10.6. The standard InChI is InChI=1S/C13H24N2/c1-11(7-10-14)15(4)12-5-8-13(2,3)9-6-12/h11-12H,5-9H2,1-4H3. The lowest BCUT2D eigenvalue weighted by molar-refractivity contribution is 0.101. The fourth-order valence-corrected chi connectivity index (χ4v) is 2.43. The summed E-state index contributed by atoms with van der Waals surface area (Å²) in [7, 11) is 2.17. The van der Waals surface area contributed by atoms with Crippen LogP contribution in [-0.4, -0.2) is 24.0 Å². The van der Waals surface area contributed by atoms with Gasteiger partial charge in [0, 0.05) is 12.1 Å². The van der Waals surface area contributed by atoms with Crippen molar-refractivity contribution in [1.29, 1.82) is 5.26 Å². The second kappa shape index (κ2) is 4.99. The zero-order chi connectivity index (χ0) is 11.5. The van der Waals surface area contributed by atoms with Gasteiger partial charge < -0.3 is 0 Å². The summed E-state index contributed by atoms with van der Waals surface area (Å²) in [6.45, 7) is 6.88. The Hall–Kier alpha value is -0.550. The normalized spacial score (nSPS) is 23.7. The molecule has 2 nitrogen and oxygen atoms in total. The van der Waals surface area contributed by atoms with E-state index in [1.165, 1.54) is 25.7 Å². The lowest BCUT2D eigenvalue weighted by Crippen LogP contribution is -2.41. The van der Waals surface area contributed by atoms with Crippen molar-refractivity contribution in [2.75, 3.05) is 7.05 Å². The van der Waals surface area contributed by atoms with Gasteiger partial charge >= 0.3 is 0 Å². The minimum atomic E-state index is 0.404. The van der Waals surface area contributed by atoms with E-state index in [0.29, 0.717) is 23.9 Å². The molecule has 0 aromatic heterocycles. The Morgan fingerprint density at radius 2 is 1.93 bits per heavy atom. The summed E-state index contributed by atoms with van der Waals surface area (Å²) >= 11 is 0. The predicted molar refractivity (Wildman–Crippen MR) is 63.5 cm³/mol. The van der Waals surface area contributed by atoms with Gasteiger partial charge in [-0.3, -0.25) is 4.90 Å². The van der Waals surface area contributed by atoms with Crippen LogP contribution in [0.5, 0.6) is 0 Å². The first-order chi connectivity index (χ1) is 6.96. The van der Waals surface area contributed by atoms with Crippen LogP contribution in [0.4, 0.5) is 0 Å². The van der Waals surface area contributed by atoms with Crippen molar-refractivity contribution in [3.8, 4) is 6.07 Å². The SMILES string of the molecule is CC(CC#N)N(C)C1CCC(C)(C)CC1. The summed E-state index contributed by atoms with van der Waals surface area (Å²) in [5, 5.41) is 8.69. The fraction of sp³-hybridized carbons (Fsp3) is 0.923. The highest BCUT2D eigenvalue weighted by Crippen LogP contribution is 2.37. The van der Waals surface area contributed by atoms with E-state index in [-0.39, 0.29) is 0 Å². The molecule has 15 heavy (non-hydrogen) atoms. The van der Waals surface area contributed by atoms with Gasteiger partial charge in [0.25, 0.3) is 0 Å². The van der Waals surface area contributed by atoms with Crippen molar-refractivity contribution < 1.29 is 0 Å². The van der Waals surface area contributed by atoms with Crippen molar-refractivity contribution in [1.82, 2.24) is 4.90 Å². The van der Waals surface area contributed by atoms with Crippen LogP contribution >= 0.6 is 0 Å². The summed E-state index contributed by atoms with van der Waals surface area (Å²) in [4.78, 5) is 2.40. The van der Waals surface area contributed by atoms with Crippen molar-refractivity contribution >= 4 is 0 Å². The molecule has 0 saturated heterocycles. The van der Waals surface area contributed by atoms with E-state index in [2.05, 4.69) is 38.8 Å². The molecule has 0 radical (unpaired) electrons. The Morgan fingerprint density at radius 3 is 2.40 bits per heavy atom. The maximum Gasteiger partial charge on any atom is 0.0638 e. The first-order valence-electron chi connectivity index (χ1n) is 6.05. The van der Waals surface area contributed by atoms with Gasteiger partial charge in [0.2, 0.25) is 0 Å². The number of nitrogens with zero attached hydrogens (tertiary/aromatic N) is 2. The second-order valence-electron chi connectivity index (χ2n) is 5.77. The molecule has 0 spiro atoms. The smallest absolute Gasteiger partial charge is 0.0638 e. The van der Waals surface area contributed by atoms with Crippen molar-refractivity contribution in [3.63, 3.8) is 0 Å². The Labute approximate surface area is 94.3 Å². The number of hydrogen-bond acceptors (Lipinski definition) is 2. The van der Waals surface area contributed by atoms with Gasteiger partial charge in [-0.2, -0.15) is 5.26 Å². The van der Waals surface area contributed by atoms with Crippen LogP contribution in [0, 0.1) is 16.7 Å². The van der Waals surface area contributed by atoms with E-state index < -0.39 is 0 Å². The highest BCUT2D eigenvalue weighted by molar-refractivity contribution is 4.87. The molecule has 0 aliphatic heterocycles. The van der Waals surface area contributed by atoms with Crippen LogP contribution in [-0.2, 0) is 0 Å². The highest BCUT2D eigenvalue weighted by Gasteiger charge is 2.30. The molecule has 0 aromatic carbocycles. The summed E-state index contributed by atoms with van der Waals surface area (Å²) < 4.78 is 0. The third kappa shape index (κ3) is 3.50. The molecular weight excluding hydrogens is 184 g/mol. The van der Waals surface area contributed by atoms with Crippen LogP contribution in [0.25, 0.3) is 0 Å². The van der Waals surface area contributed by atoms with Gasteiger partial charge in [-0.05, 0) is 45.1 Å². The third-order valence-electron chi connectivity index (χ3n) is 3.97. The van der Waals surface area contributed by atoms with Gasteiger partial charge in [-0.25, -0.2) is 0 Å². The minimum Gasteiger partial charge on any atom is -0.300 e. The minimum absolute atomic E-state index is 0.404. The van der Waals surface area contributed by atoms with E-state index in [1.807, 2.05) is 0 Å². The van der Waals surface area contributed by atoms with E-state index in [4.69, 9.17) is 5.26 Å². The third-order valence-corrected chi connectivity index (χ3v) is 3.97. The number of hydrogen-bond donors (Lipinski definition) is 0. The Balaban J connectivity index is 2.43. The molecule has 1 rings (SSSR count). The van der Waals surface area contributed by atoms with E-state index in [1.54, 1.807) is 0 Å². The average Bonchev–Trinajstić information content (AvgIpc) is 2.17. The molecule has 1 atom stereocenters. The van der Waals surface area contributed by atoms with E-state index in [9.17, 15) is 0 Å².